The number of para-hydroxylation sites is 5. The maximum Gasteiger partial charge on any atom is 0.0667 e. The third kappa shape index (κ3) is 4.79. The van der Waals surface area contributed by atoms with E-state index in [1.807, 2.05) is 30.3 Å². The van der Waals surface area contributed by atoms with E-state index in [0.717, 1.165) is 4.57 Å². The summed E-state index contributed by atoms with van der Waals surface area (Å²) in [6, 6.07) is 12.9. The summed E-state index contributed by atoms with van der Waals surface area (Å²) in [6.07, 6.45) is 0. The molecule has 3 heteroatoms. The lowest BCUT2D eigenvalue weighted by atomic mass is 10.0. The van der Waals surface area contributed by atoms with Crippen LogP contribution in [0.15, 0.2) is 212 Å². The van der Waals surface area contributed by atoms with Crippen molar-refractivity contribution in [3.8, 4) is 39.3 Å². The van der Waals surface area contributed by atoms with Gasteiger partial charge < -0.3 is 13.7 Å². The molecular weight excluding hydrogens is 691 g/mol. The summed E-state index contributed by atoms with van der Waals surface area (Å²) in [6.45, 7) is 0. The highest BCUT2D eigenvalue weighted by atomic mass is 15.0. The van der Waals surface area contributed by atoms with Gasteiger partial charge in [0.2, 0.25) is 0 Å². The Labute approximate surface area is 357 Å². The summed E-state index contributed by atoms with van der Waals surface area (Å²) in [5.74, 6) is 0. The Bertz CT molecular complexity index is 4680. The van der Waals surface area contributed by atoms with Gasteiger partial charge in [-0.05, 0) is 89.3 Å². The van der Waals surface area contributed by atoms with Gasteiger partial charge in [0.05, 0.1) is 66.2 Å². The Balaban J connectivity index is 1.25. The predicted octanol–water partition coefficient (Wildman–Crippen LogP) is 14.3. The first-order valence-electron chi connectivity index (χ1n) is 28.0. The number of fused-ring (bicyclic) bond motifs is 9. The molecule has 0 spiro atoms. The zero-order chi connectivity index (χ0) is 54.9. The van der Waals surface area contributed by atoms with E-state index in [-0.39, 0.29) is 49.0 Å². The summed E-state index contributed by atoms with van der Waals surface area (Å²) in [7, 11) is 0. The smallest absolute Gasteiger partial charge is 0.0667 e. The molecule has 0 aliphatic carbocycles. The summed E-state index contributed by atoms with van der Waals surface area (Å²) in [5, 5.41) is -1.18. The molecule has 0 saturated heterocycles. The second kappa shape index (κ2) is 12.5. The summed E-state index contributed by atoms with van der Waals surface area (Å²) >= 11 is 0. The van der Waals surface area contributed by atoms with E-state index in [1.165, 1.54) is 15.2 Å². The van der Waals surface area contributed by atoms with Crippen LogP contribution in [0, 0.1) is 0 Å². The first kappa shape index (κ1) is 17.9. The number of benzene rings is 9. The first-order chi connectivity index (χ1) is 36.6. The van der Waals surface area contributed by atoms with Crippen LogP contribution in [0.5, 0.6) is 0 Å². The Morgan fingerprint density at radius 2 is 0.789 bits per heavy atom. The van der Waals surface area contributed by atoms with E-state index in [9.17, 15) is 16.4 Å². The van der Waals surface area contributed by atoms with Crippen molar-refractivity contribution < 1.29 is 27.4 Å². The van der Waals surface area contributed by atoms with E-state index in [1.54, 1.807) is 54.6 Å². The van der Waals surface area contributed by atoms with Crippen LogP contribution in [-0.2, 0) is 0 Å². The van der Waals surface area contributed by atoms with Crippen LogP contribution in [0.1, 0.15) is 27.4 Å². The van der Waals surface area contributed by atoms with Gasteiger partial charge in [-0.3, -0.25) is 0 Å². The van der Waals surface area contributed by atoms with Crippen LogP contribution >= 0.6 is 0 Å². The van der Waals surface area contributed by atoms with Crippen LogP contribution in [-0.4, -0.2) is 13.7 Å². The van der Waals surface area contributed by atoms with Crippen LogP contribution in [0.25, 0.3) is 105 Å². The molecule has 0 N–H and O–H groups in total. The molecule has 9 aromatic carbocycles. The lowest BCUT2D eigenvalue weighted by molar-refractivity contribution is 1.15. The molecule has 12 aromatic rings. The number of nitrogens with zero attached hydrogens (tertiary/aromatic N) is 3. The monoisotopic (exact) mass is 745 g/mol. The Kier molecular flexibility index (Phi) is 3.91. The maximum absolute atomic E-state index is 10.0. The molecule has 0 saturated carbocycles. The van der Waals surface area contributed by atoms with Crippen molar-refractivity contribution in [3.05, 3.63) is 212 Å². The van der Waals surface area contributed by atoms with E-state index in [4.69, 9.17) is 11.0 Å². The maximum atomic E-state index is 10.0. The lowest BCUT2D eigenvalue weighted by Crippen LogP contribution is -1.97. The minimum Gasteiger partial charge on any atom is -0.309 e. The van der Waals surface area contributed by atoms with E-state index in [2.05, 4.69) is 0 Å². The second-order valence-electron chi connectivity index (χ2n) is 13.4. The molecule has 266 valence electrons. The van der Waals surface area contributed by atoms with Gasteiger partial charge in [0.15, 0.2) is 0 Å². The van der Waals surface area contributed by atoms with E-state index >= 15 is 0 Å². The van der Waals surface area contributed by atoms with Crippen molar-refractivity contribution in [1.29, 1.82) is 0 Å². The van der Waals surface area contributed by atoms with Gasteiger partial charge in [0.25, 0.3) is 0 Å². The summed E-state index contributed by atoms with van der Waals surface area (Å²) in [4.78, 5) is 0. The topological polar surface area (TPSA) is 14.8 Å². The Morgan fingerprint density at radius 1 is 0.298 bits per heavy atom. The van der Waals surface area contributed by atoms with Gasteiger partial charge in [-0.1, -0.05) is 139 Å². The molecular formula is C54H35N3. The minimum absolute atomic E-state index is 0.0116. The Morgan fingerprint density at radius 3 is 1.44 bits per heavy atom. The van der Waals surface area contributed by atoms with Gasteiger partial charge in [-0.25, -0.2) is 0 Å². The molecule has 0 amide bonds. The molecule has 0 atom stereocenters. The molecule has 0 aliphatic rings. The summed E-state index contributed by atoms with van der Waals surface area (Å²) < 4.78 is 190. The quantitative estimate of drug-likeness (QED) is 0.167. The fraction of sp³-hybridized carbons (Fsp3) is 0. The fourth-order valence-electron chi connectivity index (χ4n) is 7.80. The van der Waals surface area contributed by atoms with Crippen molar-refractivity contribution in [2.24, 2.45) is 0 Å². The molecule has 3 aromatic heterocycles. The second-order valence-corrected chi connectivity index (χ2v) is 13.4. The highest BCUT2D eigenvalue weighted by Crippen LogP contribution is 2.41. The molecule has 57 heavy (non-hydrogen) atoms. The largest absolute Gasteiger partial charge is 0.309 e. The van der Waals surface area contributed by atoms with Crippen molar-refractivity contribution >= 4 is 65.4 Å². The molecule has 0 unspecified atom stereocenters. The van der Waals surface area contributed by atoms with Crippen LogP contribution in [0.3, 0.4) is 0 Å². The zero-order valence-corrected chi connectivity index (χ0v) is 29.5. The van der Waals surface area contributed by atoms with Gasteiger partial charge in [0, 0.05) is 49.3 Å². The van der Waals surface area contributed by atoms with Crippen LogP contribution < -0.4 is 0 Å². The van der Waals surface area contributed by atoms with Gasteiger partial charge >= 0.3 is 0 Å². The third-order valence-corrected chi connectivity index (χ3v) is 10.3. The minimum atomic E-state index is -0.830. The van der Waals surface area contributed by atoms with Gasteiger partial charge in [-0.2, -0.15) is 0 Å². The number of rotatable bonds is 5. The van der Waals surface area contributed by atoms with Gasteiger partial charge in [-0.15, -0.1) is 0 Å². The third-order valence-electron chi connectivity index (χ3n) is 10.3. The molecule has 3 nitrogen and oxygen atoms in total. The molecule has 0 fully saturated rings. The normalized spacial score (nSPS) is 16.8. The van der Waals surface area contributed by atoms with Crippen molar-refractivity contribution in [2.45, 2.75) is 0 Å². The van der Waals surface area contributed by atoms with Gasteiger partial charge in [0.1, 0.15) is 0 Å². The fourth-order valence-corrected chi connectivity index (χ4v) is 7.80. The highest BCUT2D eigenvalue weighted by molar-refractivity contribution is 6.14. The van der Waals surface area contributed by atoms with E-state index < -0.39 is 154 Å². The van der Waals surface area contributed by atoms with Crippen molar-refractivity contribution in [1.82, 2.24) is 13.7 Å². The van der Waals surface area contributed by atoms with Crippen LogP contribution in [0.4, 0.5) is 0 Å². The van der Waals surface area contributed by atoms with Crippen molar-refractivity contribution in [3.63, 3.8) is 0 Å². The number of aromatic nitrogens is 3. The average Bonchev–Trinajstić information content (AvgIpc) is 4.05. The zero-order valence-electron chi connectivity index (χ0n) is 49.5. The predicted molar refractivity (Wildman–Crippen MR) is 240 cm³/mol. The van der Waals surface area contributed by atoms with E-state index in [0.29, 0.717) is 22.5 Å². The molecule has 0 radical (unpaired) electrons. The molecule has 12 rings (SSSR count). The standard InChI is InChI=1S/C54H35N3/c1-3-15-36(16-4-1)41-19-7-11-23-48(41)57-51-26-14-10-22-44(51)47-34-38(28-32-53(47)57)37-27-31-52-46(33-37)43-21-9-13-25-50(43)56(52)40-29-30-45-42-20-8-12-24-49(42)55(54(45)35-40)39-17-5-2-6-18-39/h1-35H/i8D,9D,10D,12D,13D,14D,20D,21D,22D,24D,25D,26D,27D,28D,29D,31D,32D,33D,34D,35D. The average molecular weight is 746 g/mol. The molecule has 0 bridgehead atoms. The van der Waals surface area contributed by atoms with Crippen molar-refractivity contribution in [2.75, 3.05) is 0 Å². The lowest BCUT2D eigenvalue weighted by Gasteiger charge is -2.14. The Hall–Kier alpha value is -7.62. The number of hydrogen-bond acceptors (Lipinski definition) is 0. The molecule has 0 aliphatic heterocycles. The summed E-state index contributed by atoms with van der Waals surface area (Å²) in [5.41, 5.74) is -0.794. The first-order valence-corrected chi connectivity index (χ1v) is 18.0. The highest BCUT2D eigenvalue weighted by Gasteiger charge is 2.19. The SMILES string of the molecule is [2H]c1cc2c3c([2H])c([2H])c([2H])c([2H])c3n(-c3ccccc3)c2c([2H])c1-n1c2c([2H])c([2H])c([2H])c([2H])c2c2c([2H])c(-c3c([2H])c([2H])c4c(c3[2H])c3c([2H])c([2H])c([2H])c([2H])c3n4-c3ccccc3-c3ccccc3)c([2H])c([2H])c21. The molecule has 3 heterocycles. The van der Waals surface area contributed by atoms with Crippen LogP contribution in [0.2, 0.25) is 0 Å². The number of hydrogen-bond donors (Lipinski definition) is 0.